The molecular weight excluding hydrogens is 212 g/mol. The monoisotopic (exact) mass is 234 g/mol. The van der Waals surface area contributed by atoms with Crippen LogP contribution in [0.1, 0.15) is 33.1 Å². The highest BCUT2D eigenvalue weighted by molar-refractivity contribution is 7.89. The average Bonchev–Trinajstić information content (AvgIpc) is 2.66. The van der Waals surface area contributed by atoms with Crippen molar-refractivity contribution < 1.29 is 8.42 Å². The van der Waals surface area contributed by atoms with E-state index in [0.29, 0.717) is 13.1 Å². The minimum Gasteiger partial charge on any atom is -0.316 e. The normalized spacial score (nSPS) is 23.5. The van der Waals surface area contributed by atoms with Crippen LogP contribution >= 0.6 is 0 Å². The summed E-state index contributed by atoms with van der Waals surface area (Å²) in [7, 11) is -3.02. The number of nitrogens with one attached hydrogen (secondary N) is 1. The van der Waals surface area contributed by atoms with Crippen molar-refractivity contribution in [3.63, 3.8) is 0 Å². The van der Waals surface area contributed by atoms with E-state index in [-0.39, 0.29) is 11.8 Å². The quantitative estimate of drug-likeness (QED) is 0.692. The first-order valence-corrected chi connectivity index (χ1v) is 7.43. The zero-order chi connectivity index (χ0) is 11.3. The highest BCUT2D eigenvalue weighted by Gasteiger charge is 2.32. The maximum Gasteiger partial charge on any atom is 0.215 e. The smallest absolute Gasteiger partial charge is 0.215 e. The summed E-state index contributed by atoms with van der Waals surface area (Å²) in [5.74, 6) is 0.233. The van der Waals surface area contributed by atoms with Crippen LogP contribution in [0.4, 0.5) is 0 Å². The lowest BCUT2D eigenvalue weighted by Gasteiger charge is -2.22. The third kappa shape index (κ3) is 3.43. The summed E-state index contributed by atoms with van der Waals surface area (Å²) in [6.45, 7) is 6.14. The summed E-state index contributed by atoms with van der Waals surface area (Å²) in [6, 6.07) is 0.247. The first kappa shape index (κ1) is 12.9. The molecule has 1 fully saturated rings. The predicted octanol–water partition coefficient (Wildman–Crippen LogP) is 0.800. The van der Waals surface area contributed by atoms with Crippen LogP contribution in [0.15, 0.2) is 0 Å². The van der Waals surface area contributed by atoms with Gasteiger partial charge in [0.05, 0.1) is 5.75 Å². The summed E-state index contributed by atoms with van der Waals surface area (Å²) in [4.78, 5) is 0. The summed E-state index contributed by atoms with van der Waals surface area (Å²) in [6.07, 6.45) is 2.97. The molecule has 0 spiro atoms. The van der Waals surface area contributed by atoms with E-state index >= 15 is 0 Å². The molecule has 1 aliphatic heterocycles. The van der Waals surface area contributed by atoms with E-state index in [4.69, 9.17) is 0 Å². The number of rotatable bonds is 6. The highest BCUT2D eigenvalue weighted by atomic mass is 32.2. The van der Waals surface area contributed by atoms with Crippen LogP contribution in [-0.4, -0.2) is 44.2 Å². The van der Waals surface area contributed by atoms with Crippen molar-refractivity contribution in [1.29, 1.82) is 0 Å². The third-order valence-electron chi connectivity index (χ3n) is 2.94. The van der Waals surface area contributed by atoms with Gasteiger partial charge in [-0.15, -0.1) is 0 Å². The molecule has 1 saturated heterocycles. The fourth-order valence-electron chi connectivity index (χ4n) is 2.08. The molecule has 1 unspecified atom stereocenters. The second-order valence-electron chi connectivity index (χ2n) is 3.98. The Hall–Kier alpha value is -0.130. The van der Waals surface area contributed by atoms with Gasteiger partial charge in [-0.25, -0.2) is 8.42 Å². The molecule has 1 N–H and O–H groups in total. The maximum atomic E-state index is 12.0. The van der Waals surface area contributed by atoms with Crippen molar-refractivity contribution in [3.8, 4) is 0 Å². The van der Waals surface area contributed by atoms with E-state index in [0.717, 1.165) is 25.8 Å². The fraction of sp³-hybridized carbons (Fsp3) is 1.00. The van der Waals surface area contributed by atoms with Crippen molar-refractivity contribution in [2.24, 2.45) is 0 Å². The maximum absolute atomic E-state index is 12.0. The van der Waals surface area contributed by atoms with Crippen molar-refractivity contribution in [3.05, 3.63) is 0 Å². The van der Waals surface area contributed by atoms with Gasteiger partial charge in [0.1, 0.15) is 0 Å². The van der Waals surface area contributed by atoms with Crippen molar-refractivity contribution in [2.75, 3.05) is 25.4 Å². The Bertz CT molecular complexity index is 277. The molecule has 4 nitrogen and oxygen atoms in total. The molecule has 0 aromatic rings. The van der Waals surface area contributed by atoms with E-state index in [1.807, 2.05) is 6.92 Å². The van der Waals surface area contributed by atoms with Gasteiger partial charge in [-0.3, -0.25) is 0 Å². The summed E-state index contributed by atoms with van der Waals surface area (Å²) >= 11 is 0. The molecule has 0 saturated carbocycles. The fourth-order valence-corrected chi connectivity index (χ4v) is 3.83. The van der Waals surface area contributed by atoms with E-state index in [2.05, 4.69) is 12.2 Å². The van der Waals surface area contributed by atoms with Crippen LogP contribution < -0.4 is 5.32 Å². The molecule has 0 aliphatic carbocycles. The molecule has 90 valence electrons. The molecule has 1 atom stereocenters. The van der Waals surface area contributed by atoms with Crippen molar-refractivity contribution in [2.45, 2.75) is 39.2 Å². The molecule has 1 rings (SSSR count). The molecule has 0 radical (unpaired) electrons. The Labute approximate surface area is 93.1 Å². The largest absolute Gasteiger partial charge is 0.316 e. The molecule has 15 heavy (non-hydrogen) atoms. The van der Waals surface area contributed by atoms with Crippen LogP contribution in [0, 0.1) is 0 Å². The second kappa shape index (κ2) is 5.82. The lowest BCUT2D eigenvalue weighted by Crippen LogP contribution is -2.39. The Balaban J connectivity index is 2.52. The van der Waals surface area contributed by atoms with Crippen LogP contribution in [0.3, 0.4) is 0 Å². The Morgan fingerprint density at radius 2 is 2.13 bits per heavy atom. The summed E-state index contributed by atoms with van der Waals surface area (Å²) < 4.78 is 25.6. The van der Waals surface area contributed by atoms with Crippen LogP contribution in [0.25, 0.3) is 0 Å². The summed E-state index contributed by atoms with van der Waals surface area (Å²) in [5.41, 5.74) is 0. The molecular formula is C10H22N2O2S. The molecule has 0 aromatic heterocycles. The van der Waals surface area contributed by atoms with E-state index < -0.39 is 10.0 Å². The van der Waals surface area contributed by atoms with Gasteiger partial charge < -0.3 is 5.32 Å². The lowest BCUT2D eigenvalue weighted by atomic mass is 10.2. The van der Waals surface area contributed by atoms with Gasteiger partial charge in [-0.05, 0) is 25.8 Å². The zero-order valence-corrected chi connectivity index (χ0v) is 10.5. The molecule has 0 amide bonds. The molecule has 0 aromatic carbocycles. The Morgan fingerprint density at radius 3 is 2.73 bits per heavy atom. The van der Waals surface area contributed by atoms with E-state index in [1.165, 1.54) is 0 Å². The first-order valence-electron chi connectivity index (χ1n) is 5.82. The van der Waals surface area contributed by atoms with E-state index in [9.17, 15) is 8.42 Å². The van der Waals surface area contributed by atoms with Crippen molar-refractivity contribution in [1.82, 2.24) is 9.62 Å². The first-order chi connectivity index (χ1) is 7.11. The topological polar surface area (TPSA) is 49.4 Å². The molecule has 5 heteroatoms. The number of sulfonamides is 1. The SMILES string of the molecule is CCNCCS(=O)(=O)N1CCCC1CC. The predicted molar refractivity (Wildman–Crippen MR) is 62.3 cm³/mol. The second-order valence-corrected chi connectivity index (χ2v) is 6.03. The number of hydrogen-bond donors (Lipinski definition) is 1. The van der Waals surface area contributed by atoms with Crippen LogP contribution in [0.2, 0.25) is 0 Å². The third-order valence-corrected chi connectivity index (χ3v) is 4.85. The van der Waals surface area contributed by atoms with Gasteiger partial charge >= 0.3 is 0 Å². The Kier molecular flexibility index (Phi) is 5.02. The van der Waals surface area contributed by atoms with Gasteiger partial charge in [0.2, 0.25) is 10.0 Å². The minimum absolute atomic E-state index is 0.233. The average molecular weight is 234 g/mol. The van der Waals surface area contributed by atoms with Crippen LogP contribution in [0.5, 0.6) is 0 Å². The lowest BCUT2D eigenvalue weighted by molar-refractivity contribution is 0.379. The molecule has 1 heterocycles. The zero-order valence-electron chi connectivity index (χ0n) is 9.70. The standard InChI is InChI=1S/C10H22N2O2S/c1-3-10-6-5-8-12(10)15(13,14)9-7-11-4-2/h10-11H,3-9H2,1-2H3. The number of nitrogens with zero attached hydrogens (tertiary/aromatic N) is 1. The van der Waals surface area contributed by atoms with Gasteiger partial charge in [-0.2, -0.15) is 4.31 Å². The van der Waals surface area contributed by atoms with E-state index in [1.54, 1.807) is 4.31 Å². The van der Waals surface area contributed by atoms with Crippen LogP contribution in [-0.2, 0) is 10.0 Å². The highest BCUT2D eigenvalue weighted by Crippen LogP contribution is 2.23. The van der Waals surface area contributed by atoms with Gasteiger partial charge in [-0.1, -0.05) is 13.8 Å². The van der Waals surface area contributed by atoms with Gasteiger partial charge in [0.25, 0.3) is 0 Å². The van der Waals surface area contributed by atoms with Gasteiger partial charge in [0.15, 0.2) is 0 Å². The molecule has 0 bridgehead atoms. The Morgan fingerprint density at radius 1 is 1.40 bits per heavy atom. The van der Waals surface area contributed by atoms with Gasteiger partial charge in [0, 0.05) is 19.1 Å². The molecule has 1 aliphatic rings. The van der Waals surface area contributed by atoms with Crippen molar-refractivity contribution >= 4 is 10.0 Å². The minimum atomic E-state index is -3.02. The summed E-state index contributed by atoms with van der Waals surface area (Å²) in [5, 5.41) is 3.05. The number of hydrogen-bond acceptors (Lipinski definition) is 3.